The minimum absolute atomic E-state index is 0.283. The number of carbonyl (C=O) groups is 2. The second-order valence-electron chi connectivity index (χ2n) is 6.37. The van der Waals surface area contributed by atoms with E-state index >= 15 is 0 Å². The molecule has 2 N–H and O–H groups in total. The molecule has 0 saturated heterocycles. The molecule has 0 heterocycles. The van der Waals surface area contributed by atoms with Gasteiger partial charge in [0.1, 0.15) is 6.61 Å². The Balaban J connectivity index is 2.23. The number of amides is 1. The van der Waals surface area contributed by atoms with E-state index in [0.29, 0.717) is 23.9 Å². The third kappa shape index (κ3) is 5.16. The molecule has 28 heavy (non-hydrogen) atoms. The zero-order valence-corrected chi connectivity index (χ0v) is 16.4. The third-order valence-electron chi connectivity index (χ3n) is 4.45. The Morgan fingerprint density at radius 2 is 1.61 bits per heavy atom. The van der Waals surface area contributed by atoms with E-state index in [4.69, 9.17) is 19.3 Å². The number of carboxylic acids is 1. The van der Waals surface area contributed by atoms with Gasteiger partial charge in [0, 0.05) is 11.6 Å². The number of carboxylic acid groups (broad SMARTS) is 1. The lowest BCUT2D eigenvalue weighted by Crippen LogP contribution is -2.40. The highest BCUT2D eigenvalue weighted by Gasteiger charge is 2.23. The van der Waals surface area contributed by atoms with Crippen molar-refractivity contribution in [2.75, 3.05) is 14.2 Å². The van der Waals surface area contributed by atoms with Crippen molar-refractivity contribution < 1.29 is 28.9 Å². The van der Waals surface area contributed by atoms with E-state index in [2.05, 4.69) is 5.32 Å². The molecular formula is C21H25NO6. The molecule has 0 aliphatic rings. The maximum Gasteiger partial charge on any atom is 0.308 e. The molecule has 0 saturated carbocycles. The lowest BCUT2D eigenvalue weighted by Gasteiger charge is -2.19. The van der Waals surface area contributed by atoms with E-state index in [1.165, 1.54) is 33.3 Å². The highest BCUT2D eigenvalue weighted by atomic mass is 16.5. The first kappa shape index (κ1) is 21.1. The van der Waals surface area contributed by atoms with Crippen LogP contribution < -0.4 is 19.5 Å². The van der Waals surface area contributed by atoms with Crippen LogP contribution in [-0.4, -0.2) is 37.2 Å². The molecule has 0 fully saturated rings. The first-order valence-corrected chi connectivity index (χ1v) is 8.83. The Morgan fingerprint density at radius 1 is 1.04 bits per heavy atom. The average molecular weight is 387 g/mol. The number of rotatable bonds is 9. The van der Waals surface area contributed by atoms with Crippen molar-refractivity contribution in [3.8, 4) is 17.2 Å². The fourth-order valence-corrected chi connectivity index (χ4v) is 2.51. The SMILES string of the molecule is COc1cc(C(=O)NC(C)C(C)C(=O)O)cc(OC)c1OCc1ccccc1. The van der Waals surface area contributed by atoms with Gasteiger partial charge < -0.3 is 24.6 Å². The zero-order chi connectivity index (χ0) is 20.7. The first-order valence-electron chi connectivity index (χ1n) is 8.83. The molecule has 2 atom stereocenters. The summed E-state index contributed by atoms with van der Waals surface area (Å²) in [7, 11) is 2.95. The number of hydrogen-bond acceptors (Lipinski definition) is 5. The maximum absolute atomic E-state index is 12.6. The number of nitrogens with one attached hydrogen (secondary N) is 1. The van der Waals surface area contributed by atoms with E-state index < -0.39 is 23.8 Å². The van der Waals surface area contributed by atoms with Crippen molar-refractivity contribution in [1.82, 2.24) is 5.32 Å². The lowest BCUT2D eigenvalue weighted by atomic mass is 10.0. The molecule has 0 radical (unpaired) electrons. The minimum Gasteiger partial charge on any atom is -0.493 e. The van der Waals surface area contributed by atoms with Crippen LogP contribution in [0.5, 0.6) is 17.2 Å². The van der Waals surface area contributed by atoms with E-state index in [-0.39, 0.29) is 5.56 Å². The number of carbonyl (C=O) groups excluding carboxylic acids is 1. The molecule has 2 unspecified atom stereocenters. The summed E-state index contributed by atoms with van der Waals surface area (Å²) >= 11 is 0. The Labute approximate surface area is 164 Å². The van der Waals surface area contributed by atoms with Gasteiger partial charge in [-0.3, -0.25) is 9.59 Å². The summed E-state index contributed by atoms with van der Waals surface area (Å²) in [6.07, 6.45) is 0. The number of hydrogen-bond donors (Lipinski definition) is 2. The van der Waals surface area contributed by atoms with Gasteiger partial charge in [-0.1, -0.05) is 30.3 Å². The van der Waals surface area contributed by atoms with Crippen LogP contribution in [0.4, 0.5) is 0 Å². The first-order chi connectivity index (χ1) is 13.4. The molecule has 0 aromatic heterocycles. The normalized spacial score (nSPS) is 12.6. The number of benzene rings is 2. The Hall–Kier alpha value is -3.22. The van der Waals surface area contributed by atoms with Crippen LogP contribution in [0.3, 0.4) is 0 Å². The van der Waals surface area contributed by atoms with Gasteiger partial charge in [0.15, 0.2) is 11.5 Å². The Kier molecular flexibility index (Phi) is 7.26. The molecule has 0 bridgehead atoms. The van der Waals surface area contributed by atoms with Gasteiger partial charge in [0.25, 0.3) is 5.91 Å². The van der Waals surface area contributed by atoms with Gasteiger partial charge in [-0.05, 0) is 31.5 Å². The van der Waals surface area contributed by atoms with Gasteiger partial charge in [-0.2, -0.15) is 0 Å². The fourth-order valence-electron chi connectivity index (χ4n) is 2.51. The van der Waals surface area contributed by atoms with Gasteiger partial charge >= 0.3 is 5.97 Å². The molecule has 0 aliphatic heterocycles. The minimum atomic E-state index is -0.979. The maximum atomic E-state index is 12.6. The molecule has 7 heteroatoms. The molecule has 150 valence electrons. The summed E-state index contributed by atoms with van der Waals surface area (Å²) in [5.41, 5.74) is 1.26. The monoisotopic (exact) mass is 387 g/mol. The largest absolute Gasteiger partial charge is 0.493 e. The van der Waals surface area contributed by atoms with Gasteiger partial charge in [0.2, 0.25) is 5.75 Å². The summed E-state index contributed by atoms with van der Waals surface area (Å²) in [5.74, 6) is -1.04. The van der Waals surface area contributed by atoms with Crippen LogP contribution in [0, 0.1) is 5.92 Å². The number of aliphatic carboxylic acids is 1. The zero-order valence-electron chi connectivity index (χ0n) is 16.4. The van der Waals surface area contributed by atoms with Crippen molar-refractivity contribution in [2.24, 2.45) is 5.92 Å². The van der Waals surface area contributed by atoms with Gasteiger partial charge in [-0.15, -0.1) is 0 Å². The van der Waals surface area contributed by atoms with Crippen molar-refractivity contribution in [3.63, 3.8) is 0 Å². The lowest BCUT2D eigenvalue weighted by molar-refractivity contribution is -0.141. The summed E-state index contributed by atoms with van der Waals surface area (Å²) in [4.78, 5) is 23.6. The predicted molar refractivity (Wildman–Crippen MR) is 104 cm³/mol. The molecule has 7 nitrogen and oxygen atoms in total. The van der Waals surface area contributed by atoms with Crippen LogP contribution in [0.25, 0.3) is 0 Å². The molecular weight excluding hydrogens is 362 g/mol. The van der Waals surface area contributed by atoms with Crippen molar-refractivity contribution >= 4 is 11.9 Å². The van der Waals surface area contributed by atoms with E-state index in [0.717, 1.165) is 5.56 Å². The van der Waals surface area contributed by atoms with Crippen LogP contribution in [0.15, 0.2) is 42.5 Å². The number of methoxy groups -OCH3 is 2. The summed E-state index contributed by atoms with van der Waals surface area (Å²) < 4.78 is 16.6. The topological polar surface area (TPSA) is 94.1 Å². The molecule has 2 rings (SSSR count). The summed E-state index contributed by atoms with van der Waals surface area (Å²) in [5, 5.41) is 11.8. The predicted octanol–water partition coefficient (Wildman–Crippen LogP) is 3.12. The summed E-state index contributed by atoms with van der Waals surface area (Å²) in [6.45, 7) is 3.49. The average Bonchev–Trinajstić information content (AvgIpc) is 2.71. The second kappa shape index (κ2) is 9.64. The standard InChI is InChI=1S/C21H25NO6/c1-13(21(24)25)14(2)22-20(23)16-10-17(26-3)19(18(11-16)27-4)28-12-15-8-6-5-7-9-15/h5-11,13-14H,12H2,1-4H3,(H,22,23)(H,24,25). The Morgan fingerprint density at radius 3 is 2.11 bits per heavy atom. The molecule has 1 amide bonds. The fraction of sp³-hybridized carbons (Fsp3) is 0.333. The molecule has 0 spiro atoms. The third-order valence-corrected chi connectivity index (χ3v) is 4.45. The second-order valence-corrected chi connectivity index (χ2v) is 6.37. The van der Waals surface area contributed by atoms with Crippen molar-refractivity contribution in [1.29, 1.82) is 0 Å². The quantitative estimate of drug-likeness (QED) is 0.687. The molecule has 0 aliphatic carbocycles. The smallest absolute Gasteiger partial charge is 0.308 e. The van der Waals surface area contributed by atoms with E-state index in [1.54, 1.807) is 6.92 Å². The van der Waals surface area contributed by atoms with Gasteiger partial charge in [0.05, 0.1) is 20.1 Å². The van der Waals surface area contributed by atoms with Crippen LogP contribution in [0.1, 0.15) is 29.8 Å². The van der Waals surface area contributed by atoms with Crippen LogP contribution >= 0.6 is 0 Å². The van der Waals surface area contributed by atoms with Crippen LogP contribution in [0.2, 0.25) is 0 Å². The highest BCUT2D eigenvalue weighted by molar-refractivity contribution is 5.96. The highest BCUT2D eigenvalue weighted by Crippen LogP contribution is 2.39. The van der Waals surface area contributed by atoms with Crippen molar-refractivity contribution in [3.05, 3.63) is 53.6 Å². The van der Waals surface area contributed by atoms with Crippen molar-refractivity contribution in [2.45, 2.75) is 26.5 Å². The van der Waals surface area contributed by atoms with Crippen LogP contribution in [-0.2, 0) is 11.4 Å². The van der Waals surface area contributed by atoms with E-state index in [9.17, 15) is 9.59 Å². The molecule has 2 aromatic rings. The summed E-state index contributed by atoms with van der Waals surface area (Å²) in [6, 6.07) is 12.2. The van der Waals surface area contributed by atoms with Gasteiger partial charge in [-0.25, -0.2) is 0 Å². The Bertz CT molecular complexity index is 796. The van der Waals surface area contributed by atoms with E-state index in [1.807, 2.05) is 30.3 Å². The molecule has 2 aromatic carbocycles. The number of ether oxygens (including phenoxy) is 3.